The van der Waals surface area contributed by atoms with Crippen molar-refractivity contribution in [2.75, 3.05) is 7.05 Å². The molecule has 1 N–H and O–H groups in total. The molecule has 0 aromatic carbocycles. The predicted octanol–water partition coefficient (Wildman–Crippen LogP) is 0.742. The van der Waals surface area contributed by atoms with Crippen molar-refractivity contribution in [3.8, 4) is 0 Å². The molecule has 5 nitrogen and oxygen atoms in total. The number of hydrogen-bond acceptors (Lipinski definition) is 3. The van der Waals surface area contributed by atoms with Crippen molar-refractivity contribution >= 4 is 23.2 Å². The number of hydrogen-bond donors (Lipinski definition) is 1. The Kier molecular flexibility index (Phi) is 2.09. The molecule has 0 aliphatic rings. The first-order valence-corrected chi connectivity index (χ1v) is 4.32. The lowest BCUT2D eigenvalue weighted by Gasteiger charge is -1.98. The predicted molar refractivity (Wildman–Crippen MR) is 51.4 cm³/mol. The second kappa shape index (κ2) is 3.26. The first-order chi connectivity index (χ1) is 6.72. The third kappa shape index (κ3) is 1.31. The van der Waals surface area contributed by atoms with Gasteiger partial charge in [-0.05, 0) is 12.1 Å². The average molecular weight is 211 g/mol. The molecule has 2 aromatic heterocycles. The summed E-state index contributed by atoms with van der Waals surface area (Å²) in [5.74, 6) is -0.243. The van der Waals surface area contributed by atoms with Crippen molar-refractivity contribution in [2.24, 2.45) is 0 Å². The first kappa shape index (κ1) is 8.96. The molecule has 0 bridgehead atoms. The molecule has 0 atom stereocenters. The summed E-state index contributed by atoms with van der Waals surface area (Å²) in [7, 11) is 1.55. The topological polar surface area (TPSA) is 59.3 Å². The van der Waals surface area contributed by atoms with Crippen molar-refractivity contribution < 1.29 is 4.79 Å². The number of rotatable bonds is 1. The number of nitrogens with one attached hydrogen (secondary N) is 1. The molecule has 0 saturated carbocycles. The SMILES string of the molecule is CNC(=O)c1cnc2ccc(Cl)nn12. The van der Waals surface area contributed by atoms with E-state index in [2.05, 4.69) is 15.4 Å². The molecule has 0 aliphatic carbocycles. The quantitative estimate of drug-likeness (QED) is 0.756. The van der Waals surface area contributed by atoms with Gasteiger partial charge in [0.05, 0.1) is 6.20 Å². The zero-order valence-corrected chi connectivity index (χ0v) is 8.12. The van der Waals surface area contributed by atoms with Gasteiger partial charge in [0.25, 0.3) is 5.91 Å². The van der Waals surface area contributed by atoms with E-state index < -0.39 is 0 Å². The normalized spacial score (nSPS) is 10.4. The van der Waals surface area contributed by atoms with E-state index in [4.69, 9.17) is 11.6 Å². The highest BCUT2D eigenvalue weighted by atomic mass is 35.5. The molecular weight excluding hydrogens is 204 g/mol. The fraction of sp³-hybridized carbons (Fsp3) is 0.125. The molecule has 0 radical (unpaired) electrons. The van der Waals surface area contributed by atoms with Crippen molar-refractivity contribution in [2.45, 2.75) is 0 Å². The van der Waals surface area contributed by atoms with Gasteiger partial charge in [-0.25, -0.2) is 9.50 Å². The largest absolute Gasteiger partial charge is 0.354 e. The fourth-order valence-corrected chi connectivity index (χ4v) is 1.27. The van der Waals surface area contributed by atoms with Gasteiger partial charge in [-0.15, -0.1) is 0 Å². The van der Waals surface area contributed by atoms with E-state index in [1.807, 2.05) is 0 Å². The Morgan fingerprint density at radius 1 is 1.57 bits per heavy atom. The minimum atomic E-state index is -0.243. The second-order valence-electron chi connectivity index (χ2n) is 2.65. The Hall–Kier alpha value is -1.62. The molecule has 14 heavy (non-hydrogen) atoms. The molecular formula is C8H7ClN4O. The van der Waals surface area contributed by atoms with Crippen molar-refractivity contribution in [1.82, 2.24) is 19.9 Å². The van der Waals surface area contributed by atoms with Gasteiger partial charge in [-0.2, -0.15) is 5.10 Å². The van der Waals surface area contributed by atoms with Gasteiger partial charge >= 0.3 is 0 Å². The lowest BCUT2D eigenvalue weighted by Crippen LogP contribution is -2.20. The average Bonchev–Trinajstić information content (AvgIpc) is 2.59. The number of carbonyl (C=O) groups excluding carboxylic acids is 1. The molecule has 2 rings (SSSR count). The Bertz CT molecular complexity index is 493. The second-order valence-corrected chi connectivity index (χ2v) is 3.04. The minimum Gasteiger partial charge on any atom is -0.354 e. The van der Waals surface area contributed by atoms with E-state index in [0.717, 1.165) is 0 Å². The molecule has 0 saturated heterocycles. The van der Waals surface area contributed by atoms with Crippen LogP contribution < -0.4 is 5.32 Å². The van der Waals surface area contributed by atoms with Crippen LogP contribution in [0.15, 0.2) is 18.3 Å². The number of carbonyl (C=O) groups is 1. The third-order valence-corrected chi connectivity index (χ3v) is 1.99. The van der Waals surface area contributed by atoms with Gasteiger partial charge in [-0.3, -0.25) is 4.79 Å². The summed E-state index contributed by atoms with van der Waals surface area (Å²) in [5.41, 5.74) is 0.956. The van der Waals surface area contributed by atoms with Crippen molar-refractivity contribution in [1.29, 1.82) is 0 Å². The molecule has 0 spiro atoms. The highest BCUT2D eigenvalue weighted by molar-refractivity contribution is 6.29. The van der Waals surface area contributed by atoms with Crippen LogP contribution in [-0.2, 0) is 0 Å². The van der Waals surface area contributed by atoms with Crippen LogP contribution in [0.4, 0.5) is 0 Å². The molecule has 2 heterocycles. The van der Waals surface area contributed by atoms with Crippen LogP contribution in [0.2, 0.25) is 5.15 Å². The fourth-order valence-electron chi connectivity index (χ4n) is 1.13. The van der Waals surface area contributed by atoms with E-state index in [9.17, 15) is 4.79 Å². The highest BCUT2D eigenvalue weighted by Gasteiger charge is 2.11. The number of aromatic nitrogens is 3. The molecule has 1 amide bonds. The van der Waals surface area contributed by atoms with Gasteiger partial charge in [-0.1, -0.05) is 11.6 Å². The van der Waals surface area contributed by atoms with E-state index in [1.165, 1.54) is 10.7 Å². The monoisotopic (exact) mass is 210 g/mol. The van der Waals surface area contributed by atoms with Crippen molar-refractivity contribution in [3.63, 3.8) is 0 Å². The van der Waals surface area contributed by atoms with E-state index in [1.54, 1.807) is 19.2 Å². The summed E-state index contributed by atoms with van der Waals surface area (Å²) in [6, 6.07) is 3.32. The standard InChI is InChI=1S/C8H7ClN4O/c1-10-8(14)5-4-11-7-3-2-6(9)12-13(5)7/h2-4H,1H3,(H,10,14). The minimum absolute atomic E-state index is 0.243. The van der Waals surface area contributed by atoms with Crippen molar-refractivity contribution in [3.05, 3.63) is 29.2 Å². The number of halogens is 1. The van der Waals surface area contributed by atoms with Gasteiger partial charge in [0, 0.05) is 7.05 Å². The van der Waals surface area contributed by atoms with Crippen LogP contribution in [0.1, 0.15) is 10.5 Å². The summed E-state index contributed by atoms with van der Waals surface area (Å²) in [6.07, 6.45) is 1.46. The number of imidazole rings is 1. The van der Waals surface area contributed by atoms with Crippen LogP contribution in [-0.4, -0.2) is 27.6 Å². The van der Waals surface area contributed by atoms with Gasteiger partial charge in [0.2, 0.25) is 0 Å². The van der Waals surface area contributed by atoms with Gasteiger partial charge in [0.15, 0.2) is 11.3 Å². The molecule has 0 fully saturated rings. The lowest BCUT2D eigenvalue weighted by atomic mass is 10.4. The summed E-state index contributed by atoms with van der Waals surface area (Å²) < 4.78 is 1.40. The zero-order valence-electron chi connectivity index (χ0n) is 7.36. The Morgan fingerprint density at radius 3 is 3.07 bits per heavy atom. The summed E-state index contributed by atoms with van der Waals surface area (Å²) >= 11 is 5.70. The summed E-state index contributed by atoms with van der Waals surface area (Å²) in [6.45, 7) is 0. The number of fused-ring (bicyclic) bond motifs is 1. The molecule has 72 valence electrons. The van der Waals surface area contributed by atoms with E-state index in [-0.39, 0.29) is 5.91 Å². The molecule has 0 unspecified atom stereocenters. The van der Waals surface area contributed by atoms with Crippen LogP contribution in [0.3, 0.4) is 0 Å². The number of amides is 1. The maximum Gasteiger partial charge on any atom is 0.271 e. The van der Waals surface area contributed by atoms with E-state index in [0.29, 0.717) is 16.5 Å². The molecule has 6 heteroatoms. The van der Waals surface area contributed by atoms with Gasteiger partial charge in [0.1, 0.15) is 5.15 Å². The highest BCUT2D eigenvalue weighted by Crippen LogP contribution is 2.08. The first-order valence-electron chi connectivity index (χ1n) is 3.95. The maximum absolute atomic E-state index is 11.3. The third-order valence-electron chi connectivity index (χ3n) is 1.79. The van der Waals surface area contributed by atoms with Crippen LogP contribution >= 0.6 is 11.6 Å². The Balaban J connectivity index is 2.67. The smallest absolute Gasteiger partial charge is 0.271 e. The van der Waals surface area contributed by atoms with Crippen LogP contribution in [0, 0.1) is 0 Å². The number of nitrogens with zero attached hydrogens (tertiary/aromatic N) is 3. The Morgan fingerprint density at radius 2 is 2.36 bits per heavy atom. The van der Waals surface area contributed by atoms with Crippen LogP contribution in [0.25, 0.3) is 5.65 Å². The Labute approximate surface area is 84.7 Å². The van der Waals surface area contributed by atoms with Crippen LogP contribution in [0.5, 0.6) is 0 Å². The maximum atomic E-state index is 11.3. The lowest BCUT2D eigenvalue weighted by molar-refractivity contribution is 0.0956. The molecule has 0 aliphatic heterocycles. The van der Waals surface area contributed by atoms with E-state index >= 15 is 0 Å². The summed E-state index contributed by atoms with van der Waals surface area (Å²) in [5, 5.41) is 6.78. The zero-order chi connectivity index (χ0) is 10.1. The van der Waals surface area contributed by atoms with Gasteiger partial charge < -0.3 is 5.32 Å². The summed E-state index contributed by atoms with van der Waals surface area (Å²) in [4.78, 5) is 15.4. The molecule has 2 aromatic rings.